The largest absolute Gasteiger partial charge is 0.374 e. The second kappa shape index (κ2) is 14.5. The summed E-state index contributed by atoms with van der Waals surface area (Å²) in [4.78, 5) is 17.4. The second-order valence-electron chi connectivity index (χ2n) is 5.83. The van der Waals surface area contributed by atoms with Gasteiger partial charge in [0.1, 0.15) is 6.54 Å². The minimum absolute atomic E-state index is 0. The van der Waals surface area contributed by atoms with Crippen LogP contribution < -0.4 is 10.6 Å². The molecule has 0 aliphatic carbocycles. The molecule has 0 bridgehead atoms. The maximum absolute atomic E-state index is 11.6. The maximum atomic E-state index is 11.6. The van der Waals surface area contributed by atoms with E-state index in [1.807, 2.05) is 25.1 Å². The molecule has 7 heteroatoms. The van der Waals surface area contributed by atoms with E-state index in [9.17, 15) is 4.79 Å². The number of rotatable bonds is 10. The van der Waals surface area contributed by atoms with Crippen LogP contribution in [0.1, 0.15) is 25.0 Å². The third kappa shape index (κ3) is 10.4. The molecule has 0 heterocycles. The Kier molecular flexibility index (Phi) is 13.6. The molecule has 0 spiro atoms. The molecule has 0 saturated heterocycles. The summed E-state index contributed by atoms with van der Waals surface area (Å²) in [6.07, 6.45) is 2.66. The van der Waals surface area contributed by atoms with Gasteiger partial charge in [-0.3, -0.25) is 4.79 Å². The molecule has 1 atom stereocenters. The van der Waals surface area contributed by atoms with Gasteiger partial charge in [-0.1, -0.05) is 36.4 Å². The molecule has 1 aromatic rings. The van der Waals surface area contributed by atoms with E-state index in [1.165, 1.54) is 10.5 Å². The number of amides is 1. The van der Waals surface area contributed by atoms with Crippen LogP contribution in [0, 0.1) is 0 Å². The van der Waals surface area contributed by atoms with Gasteiger partial charge in [0.15, 0.2) is 5.96 Å². The summed E-state index contributed by atoms with van der Waals surface area (Å²) in [5, 5.41) is 6.30. The van der Waals surface area contributed by atoms with Crippen LogP contribution in [0.2, 0.25) is 0 Å². The van der Waals surface area contributed by atoms with Gasteiger partial charge in [0.25, 0.3) is 0 Å². The third-order valence-electron chi connectivity index (χ3n) is 3.54. The van der Waals surface area contributed by atoms with E-state index in [2.05, 4.69) is 34.3 Å². The number of ether oxygens (including phenoxy) is 1. The monoisotopic (exact) mass is 474 g/mol. The number of halogens is 1. The number of aliphatic imine (C=N–C) groups is 1. The van der Waals surface area contributed by atoms with Gasteiger partial charge < -0.3 is 20.3 Å². The smallest absolute Gasteiger partial charge is 0.243 e. The van der Waals surface area contributed by atoms with E-state index in [1.54, 1.807) is 20.2 Å². The molecule has 1 amide bonds. The molecule has 0 aliphatic rings. The minimum Gasteiger partial charge on any atom is -0.374 e. The van der Waals surface area contributed by atoms with Crippen molar-refractivity contribution in [2.24, 2.45) is 4.99 Å². The number of carbonyl (C=O) groups excluding carboxylic acids is 1. The predicted octanol–water partition coefficient (Wildman–Crippen LogP) is 2.58. The fraction of sp³-hybridized carbons (Fsp3) is 0.474. The first-order chi connectivity index (χ1) is 12.0. The van der Waals surface area contributed by atoms with Crippen LogP contribution in [-0.4, -0.2) is 57.1 Å². The van der Waals surface area contributed by atoms with E-state index >= 15 is 0 Å². The van der Waals surface area contributed by atoms with E-state index in [0.29, 0.717) is 25.7 Å². The molecule has 26 heavy (non-hydrogen) atoms. The molecule has 1 unspecified atom stereocenters. The summed E-state index contributed by atoms with van der Waals surface area (Å²) in [5.74, 6) is 0.561. The van der Waals surface area contributed by atoms with Crippen LogP contribution >= 0.6 is 24.0 Å². The van der Waals surface area contributed by atoms with Crippen molar-refractivity contribution in [3.8, 4) is 0 Å². The first kappa shape index (κ1) is 24.4. The highest BCUT2D eigenvalue weighted by atomic mass is 127. The average molecular weight is 474 g/mol. The number of nitrogens with zero attached hydrogens (tertiary/aromatic N) is 2. The highest BCUT2D eigenvalue weighted by molar-refractivity contribution is 14.0. The lowest BCUT2D eigenvalue weighted by Gasteiger charge is -2.15. The molecule has 1 rings (SSSR count). The molecule has 2 N–H and O–H groups in total. The number of benzene rings is 1. The van der Waals surface area contributed by atoms with Gasteiger partial charge in [0.05, 0.1) is 6.10 Å². The van der Waals surface area contributed by atoms with E-state index in [4.69, 9.17) is 4.74 Å². The van der Waals surface area contributed by atoms with Crippen molar-refractivity contribution < 1.29 is 9.53 Å². The van der Waals surface area contributed by atoms with Crippen molar-refractivity contribution in [2.45, 2.75) is 19.4 Å². The SMILES string of the molecule is C=CCNC(=NCC(=O)N(C)C)NCCCOC(C)c1ccccc1.I. The number of carbonyl (C=O) groups is 1. The lowest BCUT2D eigenvalue weighted by atomic mass is 10.1. The lowest BCUT2D eigenvalue weighted by Crippen LogP contribution is -2.39. The van der Waals surface area contributed by atoms with Crippen molar-refractivity contribution in [2.75, 3.05) is 40.3 Å². The highest BCUT2D eigenvalue weighted by Gasteiger charge is 2.05. The normalized spacial score (nSPS) is 11.9. The summed E-state index contributed by atoms with van der Waals surface area (Å²) in [7, 11) is 3.43. The van der Waals surface area contributed by atoms with Gasteiger partial charge in [-0.25, -0.2) is 4.99 Å². The van der Waals surface area contributed by atoms with Crippen molar-refractivity contribution in [3.63, 3.8) is 0 Å². The van der Waals surface area contributed by atoms with Crippen molar-refractivity contribution in [1.29, 1.82) is 0 Å². The predicted molar refractivity (Wildman–Crippen MR) is 118 cm³/mol. The first-order valence-corrected chi connectivity index (χ1v) is 8.54. The molecule has 0 fully saturated rings. The molecular formula is C19H31IN4O2. The quantitative estimate of drug-likeness (QED) is 0.180. The average Bonchev–Trinajstić information content (AvgIpc) is 2.63. The summed E-state index contributed by atoms with van der Waals surface area (Å²) >= 11 is 0. The van der Waals surface area contributed by atoms with Gasteiger partial charge in [0.2, 0.25) is 5.91 Å². The van der Waals surface area contributed by atoms with Gasteiger partial charge in [-0.05, 0) is 18.9 Å². The number of hydrogen-bond acceptors (Lipinski definition) is 3. The third-order valence-corrected chi connectivity index (χ3v) is 3.54. The molecule has 0 saturated carbocycles. The zero-order valence-corrected chi connectivity index (χ0v) is 18.2. The van der Waals surface area contributed by atoms with Crippen molar-refractivity contribution in [3.05, 3.63) is 48.6 Å². The van der Waals surface area contributed by atoms with E-state index in [-0.39, 0.29) is 42.5 Å². The number of hydrogen-bond donors (Lipinski definition) is 2. The zero-order valence-electron chi connectivity index (χ0n) is 15.9. The fourth-order valence-electron chi connectivity index (χ4n) is 1.99. The Morgan fingerprint density at radius 3 is 2.62 bits per heavy atom. The summed E-state index contributed by atoms with van der Waals surface area (Å²) in [6.45, 7) is 7.78. The Morgan fingerprint density at radius 1 is 1.31 bits per heavy atom. The van der Waals surface area contributed by atoms with Crippen LogP contribution in [0.4, 0.5) is 0 Å². The maximum Gasteiger partial charge on any atom is 0.243 e. The molecule has 6 nitrogen and oxygen atoms in total. The van der Waals surface area contributed by atoms with Crippen LogP contribution in [0.5, 0.6) is 0 Å². The Balaban J connectivity index is 0.00000625. The first-order valence-electron chi connectivity index (χ1n) is 8.54. The van der Waals surface area contributed by atoms with Crippen LogP contribution in [0.3, 0.4) is 0 Å². The summed E-state index contributed by atoms with van der Waals surface area (Å²) < 4.78 is 5.84. The molecule has 0 aromatic heterocycles. The van der Waals surface area contributed by atoms with Crippen molar-refractivity contribution >= 4 is 35.8 Å². The standard InChI is InChI=1S/C19H30N4O2.HI/c1-5-12-20-19(22-15-18(24)23(3)4)21-13-9-14-25-16(2)17-10-7-6-8-11-17;/h5-8,10-11,16H,1,9,12-15H2,2-4H3,(H2,20,21,22);1H. The zero-order chi connectivity index (χ0) is 18.5. The van der Waals surface area contributed by atoms with Crippen LogP contribution in [0.25, 0.3) is 0 Å². The topological polar surface area (TPSA) is 66.0 Å². The molecule has 0 radical (unpaired) electrons. The highest BCUT2D eigenvalue weighted by Crippen LogP contribution is 2.15. The second-order valence-corrected chi connectivity index (χ2v) is 5.83. The Morgan fingerprint density at radius 2 is 2.00 bits per heavy atom. The lowest BCUT2D eigenvalue weighted by molar-refractivity contribution is -0.127. The summed E-state index contributed by atoms with van der Waals surface area (Å²) in [6, 6.07) is 10.2. The minimum atomic E-state index is -0.0419. The molecule has 146 valence electrons. The van der Waals surface area contributed by atoms with Crippen molar-refractivity contribution in [1.82, 2.24) is 15.5 Å². The molecular weight excluding hydrogens is 443 g/mol. The molecule has 0 aliphatic heterocycles. The van der Waals surface area contributed by atoms with Gasteiger partial charge in [-0.2, -0.15) is 0 Å². The number of nitrogens with one attached hydrogen (secondary N) is 2. The van der Waals surface area contributed by atoms with Gasteiger partial charge in [0, 0.05) is 33.8 Å². The van der Waals surface area contributed by atoms with Gasteiger partial charge >= 0.3 is 0 Å². The fourth-order valence-corrected chi connectivity index (χ4v) is 1.99. The number of guanidine groups is 1. The summed E-state index contributed by atoms with van der Waals surface area (Å²) in [5.41, 5.74) is 1.17. The Hall–Kier alpha value is -1.61. The number of likely N-dealkylation sites (N-methyl/N-ethyl adjacent to an activating group) is 1. The van der Waals surface area contributed by atoms with Crippen LogP contribution in [0.15, 0.2) is 48.0 Å². The van der Waals surface area contributed by atoms with Crippen LogP contribution in [-0.2, 0) is 9.53 Å². The molecule has 1 aromatic carbocycles. The van der Waals surface area contributed by atoms with E-state index in [0.717, 1.165) is 6.42 Å². The Bertz CT molecular complexity index is 550. The van der Waals surface area contributed by atoms with E-state index < -0.39 is 0 Å². The van der Waals surface area contributed by atoms with Gasteiger partial charge in [-0.15, -0.1) is 30.6 Å². The Labute approximate surface area is 174 Å².